The van der Waals surface area contributed by atoms with E-state index in [1.54, 1.807) is 0 Å². The molecule has 0 amide bonds. The van der Waals surface area contributed by atoms with E-state index in [2.05, 4.69) is 17.1 Å². The lowest BCUT2D eigenvalue weighted by Crippen LogP contribution is -2.34. The van der Waals surface area contributed by atoms with Gasteiger partial charge in [0.05, 0.1) is 5.54 Å². The van der Waals surface area contributed by atoms with Crippen LogP contribution in [0.1, 0.15) is 88.8 Å². The number of hydrogen-bond donors (Lipinski definition) is 1. The Morgan fingerprint density at radius 2 is 1.90 bits per heavy atom. The van der Waals surface area contributed by atoms with Gasteiger partial charge >= 0.3 is 0 Å². The zero-order valence-electron chi connectivity index (χ0n) is 12.6. The second kappa shape index (κ2) is 5.84. The molecular formula is C16H27N3O. The van der Waals surface area contributed by atoms with Crippen molar-refractivity contribution in [2.75, 3.05) is 0 Å². The molecule has 1 unspecified atom stereocenters. The fraction of sp³-hybridized carbons (Fsp3) is 0.875. The van der Waals surface area contributed by atoms with Crippen LogP contribution in [0.4, 0.5) is 0 Å². The molecular weight excluding hydrogens is 250 g/mol. The predicted octanol–water partition coefficient (Wildman–Crippen LogP) is 3.87. The lowest BCUT2D eigenvalue weighted by atomic mass is 9.83. The molecule has 0 saturated heterocycles. The van der Waals surface area contributed by atoms with Crippen molar-refractivity contribution in [2.24, 2.45) is 11.7 Å². The maximum atomic E-state index is 6.39. The van der Waals surface area contributed by atoms with Crippen molar-refractivity contribution in [3.63, 3.8) is 0 Å². The van der Waals surface area contributed by atoms with Crippen LogP contribution in [0.25, 0.3) is 0 Å². The van der Waals surface area contributed by atoms with Gasteiger partial charge in [0.1, 0.15) is 0 Å². The third-order valence-electron chi connectivity index (χ3n) is 5.22. The molecule has 1 aromatic heterocycles. The standard InChI is InChI=1S/C16H27N3O/c1-12(11-13-7-3-2-4-8-13)14-18-15(19-20-14)16(17)9-5-6-10-16/h12-13H,2-11,17H2,1H3. The summed E-state index contributed by atoms with van der Waals surface area (Å²) in [5, 5.41) is 4.17. The van der Waals surface area contributed by atoms with E-state index in [1.165, 1.54) is 51.4 Å². The van der Waals surface area contributed by atoms with Crippen molar-refractivity contribution in [1.82, 2.24) is 10.1 Å². The molecule has 1 heterocycles. The topological polar surface area (TPSA) is 64.9 Å². The maximum absolute atomic E-state index is 6.39. The summed E-state index contributed by atoms with van der Waals surface area (Å²) in [6.45, 7) is 2.21. The molecule has 0 bridgehead atoms. The van der Waals surface area contributed by atoms with E-state index in [0.717, 1.165) is 30.5 Å². The summed E-state index contributed by atoms with van der Waals surface area (Å²) in [6.07, 6.45) is 12.4. The second-order valence-electron chi connectivity index (χ2n) is 6.96. The van der Waals surface area contributed by atoms with E-state index in [9.17, 15) is 0 Å². The number of hydrogen-bond acceptors (Lipinski definition) is 4. The Hall–Kier alpha value is -0.900. The quantitative estimate of drug-likeness (QED) is 0.907. The Bertz CT molecular complexity index is 431. The molecule has 0 radical (unpaired) electrons. The van der Waals surface area contributed by atoms with E-state index in [1.807, 2.05) is 0 Å². The van der Waals surface area contributed by atoms with Gasteiger partial charge in [0.15, 0.2) is 5.82 Å². The molecule has 20 heavy (non-hydrogen) atoms. The first kappa shape index (κ1) is 14.1. The number of aromatic nitrogens is 2. The number of nitrogens with zero attached hydrogens (tertiary/aromatic N) is 2. The zero-order valence-corrected chi connectivity index (χ0v) is 12.6. The minimum absolute atomic E-state index is 0.327. The maximum Gasteiger partial charge on any atom is 0.229 e. The van der Waals surface area contributed by atoms with Gasteiger partial charge in [0.2, 0.25) is 5.89 Å². The van der Waals surface area contributed by atoms with Crippen LogP contribution in [0.2, 0.25) is 0 Å². The van der Waals surface area contributed by atoms with E-state index >= 15 is 0 Å². The van der Waals surface area contributed by atoms with Crippen molar-refractivity contribution in [1.29, 1.82) is 0 Å². The van der Waals surface area contributed by atoms with E-state index in [-0.39, 0.29) is 5.54 Å². The molecule has 2 fully saturated rings. The highest BCUT2D eigenvalue weighted by Gasteiger charge is 2.36. The van der Waals surface area contributed by atoms with Gasteiger partial charge in [0, 0.05) is 5.92 Å². The van der Waals surface area contributed by atoms with Gasteiger partial charge in [-0.25, -0.2) is 0 Å². The van der Waals surface area contributed by atoms with Gasteiger partial charge in [-0.3, -0.25) is 0 Å². The van der Waals surface area contributed by atoms with Gasteiger partial charge in [-0.15, -0.1) is 0 Å². The molecule has 1 atom stereocenters. The first-order valence-corrected chi connectivity index (χ1v) is 8.30. The number of nitrogens with two attached hydrogens (primary N) is 1. The first-order valence-electron chi connectivity index (χ1n) is 8.30. The lowest BCUT2D eigenvalue weighted by molar-refractivity contribution is 0.286. The van der Waals surface area contributed by atoms with Crippen molar-refractivity contribution in [3.8, 4) is 0 Å². The lowest BCUT2D eigenvalue weighted by Gasteiger charge is -2.23. The summed E-state index contributed by atoms with van der Waals surface area (Å²) in [5.74, 6) is 2.74. The molecule has 2 saturated carbocycles. The molecule has 2 N–H and O–H groups in total. The second-order valence-corrected chi connectivity index (χ2v) is 6.96. The Kier molecular flexibility index (Phi) is 4.11. The minimum Gasteiger partial charge on any atom is -0.339 e. The molecule has 112 valence electrons. The van der Waals surface area contributed by atoms with Gasteiger partial charge in [-0.1, -0.05) is 57.0 Å². The summed E-state index contributed by atoms with van der Waals surface area (Å²) < 4.78 is 5.50. The van der Waals surface area contributed by atoms with Crippen LogP contribution in [-0.4, -0.2) is 10.1 Å². The van der Waals surface area contributed by atoms with Crippen molar-refractivity contribution in [2.45, 2.75) is 82.6 Å². The highest BCUT2D eigenvalue weighted by Crippen LogP contribution is 2.36. The van der Waals surface area contributed by atoms with Gasteiger partial charge < -0.3 is 10.3 Å². The highest BCUT2D eigenvalue weighted by atomic mass is 16.5. The molecule has 3 rings (SSSR count). The van der Waals surface area contributed by atoms with E-state index < -0.39 is 0 Å². The summed E-state index contributed by atoms with van der Waals surface area (Å²) in [4.78, 5) is 4.63. The minimum atomic E-state index is -0.327. The van der Waals surface area contributed by atoms with E-state index in [4.69, 9.17) is 10.3 Å². The van der Waals surface area contributed by atoms with Crippen LogP contribution in [0.3, 0.4) is 0 Å². The Morgan fingerprint density at radius 1 is 1.20 bits per heavy atom. The van der Waals surface area contributed by atoms with Gasteiger partial charge in [-0.05, 0) is 25.2 Å². The van der Waals surface area contributed by atoms with Gasteiger partial charge in [-0.2, -0.15) is 4.98 Å². The van der Waals surface area contributed by atoms with Crippen LogP contribution in [0.15, 0.2) is 4.52 Å². The summed E-state index contributed by atoms with van der Waals surface area (Å²) in [5.41, 5.74) is 6.07. The average molecular weight is 277 g/mol. The number of rotatable bonds is 4. The van der Waals surface area contributed by atoms with Crippen molar-refractivity contribution >= 4 is 0 Å². The smallest absolute Gasteiger partial charge is 0.229 e. The van der Waals surface area contributed by atoms with Crippen molar-refractivity contribution in [3.05, 3.63) is 11.7 Å². The Balaban J connectivity index is 1.63. The van der Waals surface area contributed by atoms with Crippen LogP contribution in [0.5, 0.6) is 0 Å². The summed E-state index contributed by atoms with van der Waals surface area (Å²) >= 11 is 0. The van der Waals surface area contributed by atoms with Crippen LogP contribution < -0.4 is 5.73 Å². The highest BCUT2D eigenvalue weighted by molar-refractivity contribution is 5.07. The normalized spacial score (nSPS) is 24.9. The third-order valence-corrected chi connectivity index (χ3v) is 5.22. The van der Waals surface area contributed by atoms with Crippen LogP contribution in [-0.2, 0) is 5.54 Å². The zero-order chi connectivity index (χ0) is 14.0. The fourth-order valence-corrected chi connectivity index (χ4v) is 3.89. The Morgan fingerprint density at radius 3 is 2.60 bits per heavy atom. The summed E-state index contributed by atoms with van der Waals surface area (Å²) in [6, 6.07) is 0. The predicted molar refractivity (Wildman–Crippen MR) is 78.2 cm³/mol. The molecule has 2 aliphatic carbocycles. The van der Waals surface area contributed by atoms with Crippen LogP contribution >= 0.6 is 0 Å². The Labute approximate surface area is 121 Å². The largest absolute Gasteiger partial charge is 0.339 e. The third kappa shape index (κ3) is 2.90. The van der Waals surface area contributed by atoms with Crippen molar-refractivity contribution < 1.29 is 4.52 Å². The van der Waals surface area contributed by atoms with Crippen LogP contribution in [0, 0.1) is 5.92 Å². The first-order chi connectivity index (χ1) is 9.67. The molecule has 1 aromatic rings. The molecule has 0 spiro atoms. The SMILES string of the molecule is CC(CC1CCCCC1)c1nc(C2(N)CCCC2)no1. The average Bonchev–Trinajstić information content (AvgIpc) is 3.09. The molecule has 0 aliphatic heterocycles. The molecule has 4 nitrogen and oxygen atoms in total. The fourth-order valence-electron chi connectivity index (χ4n) is 3.89. The molecule has 4 heteroatoms. The summed E-state index contributed by atoms with van der Waals surface area (Å²) in [7, 11) is 0. The molecule has 2 aliphatic rings. The van der Waals surface area contributed by atoms with Gasteiger partial charge in [0.25, 0.3) is 0 Å². The molecule has 0 aromatic carbocycles. The monoisotopic (exact) mass is 277 g/mol. The van der Waals surface area contributed by atoms with E-state index in [0.29, 0.717) is 5.92 Å².